The fraction of sp³-hybridized carbons (Fsp3) is 0.417. The number of hydrogen-bond acceptors (Lipinski definition) is 4. The van der Waals surface area contributed by atoms with Crippen LogP contribution >= 0.6 is 0 Å². The largest absolute Gasteiger partial charge is 0.386 e. The van der Waals surface area contributed by atoms with Crippen molar-refractivity contribution < 1.29 is 19.8 Å². The van der Waals surface area contributed by atoms with Gasteiger partial charge in [0, 0.05) is 12.8 Å². The molecule has 0 aliphatic heterocycles. The van der Waals surface area contributed by atoms with Crippen molar-refractivity contribution in [3.63, 3.8) is 0 Å². The zero-order valence-corrected chi connectivity index (χ0v) is 17.6. The quantitative estimate of drug-likeness (QED) is 0.426. The van der Waals surface area contributed by atoms with Crippen molar-refractivity contribution in [3.8, 4) is 0 Å². The summed E-state index contributed by atoms with van der Waals surface area (Å²) in [4.78, 5) is 24.2. The molecule has 0 aliphatic rings. The second kappa shape index (κ2) is 12.1. The minimum Gasteiger partial charge on any atom is -0.386 e. The van der Waals surface area contributed by atoms with E-state index < -0.39 is 24.3 Å². The highest BCUT2D eigenvalue weighted by Crippen LogP contribution is 2.17. The van der Waals surface area contributed by atoms with E-state index in [0.29, 0.717) is 25.7 Å². The number of hydrogen-bond donors (Lipinski definition) is 4. The van der Waals surface area contributed by atoms with E-state index in [1.165, 1.54) is 0 Å². The Kier molecular flexibility index (Phi) is 9.51. The molecule has 0 radical (unpaired) electrons. The highest BCUT2D eigenvalue weighted by atomic mass is 16.3. The van der Waals surface area contributed by atoms with Crippen LogP contribution in [-0.2, 0) is 9.59 Å². The molecule has 0 fully saturated rings. The van der Waals surface area contributed by atoms with Gasteiger partial charge in [0.1, 0.15) is 0 Å². The third-order valence-electron chi connectivity index (χ3n) is 5.06. The van der Waals surface area contributed by atoms with Gasteiger partial charge in [-0.1, -0.05) is 60.7 Å². The number of aliphatic hydroxyl groups is 2. The van der Waals surface area contributed by atoms with Crippen LogP contribution < -0.4 is 10.6 Å². The average molecular weight is 413 g/mol. The van der Waals surface area contributed by atoms with Crippen LogP contribution in [0.2, 0.25) is 0 Å². The van der Waals surface area contributed by atoms with E-state index in [-0.39, 0.29) is 11.8 Å². The zero-order chi connectivity index (χ0) is 21.9. The first-order valence-corrected chi connectivity index (χ1v) is 10.4. The summed E-state index contributed by atoms with van der Waals surface area (Å²) in [7, 11) is 0. The molecule has 4 N–H and O–H groups in total. The highest BCUT2D eigenvalue weighted by Gasteiger charge is 2.19. The Morgan fingerprint density at radius 1 is 0.700 bits per heavy atom. The van der Waals surface area contributed by atoms with Crippen molar-refractivity contribution in [1.29, 1.82) is 0 Å². The van der Waals surface area contributed by atoms with Gasteiger partial charge in [0.05, 0.1) is 24.3 Å². The van der Waals surface area contributed by atoms with Gasteiger partial charge >= 0.3 is 0 Å². The van der Waals surface area contributed by atoms with Crippen LogP contribution in [0.15, 0.2) is 60.7 Å². The molecule has 0 unspecified atom stereocenters. The van der Waals surface area contributed by atoms with E-state index >= 15 is 0 Å². The number of rotatable bonds is 11. The molecule has 0 saturated heterocycles. The Balaban J connectivity index is 1.64. The van der Waals surface area contributed by atoms with E-state index in [9.17, 15) is 19.8 Å². The summed E-state index contributed by atoms with van der Waals surface area (Å²) in [5.41, 5.74) is 1.52. The topological polar surface area (TPSA) is 98.7 Å². The summed E-state index contributed by atoms with van der Waals surface area (Å²) in [6.07, 6.45) is 0.200. The summed E-state index contributed by atoms with van der Waals surface area (Å²) in [5, 5.41) is 26.2. The molecule has 4 atom stereocenters. The number of amides is 2. The molecule has 6 heteroatoms. The maximum absolute atomic E-state index is 12.1. The first-order chi connectivity index (χ1) is 14.4. The Bertz CT molecular complexity index is 715. The van der Waals surface area contributed by atoms with Gasteiger partial charge < -0.3 is 20.8 Å². The molecule has 2 amide bonds. The number of aliphatic hydroxyl groups excluding tert-OH is 2. The standard InChI is InChI=1S/C24H32N2O4/c1-17(23(29)19-11-5-3-6-12-19)25-21(27)15-9-10-16-22(28)26-18(2)24(30)20-13-7-4-8-14-20/h3-8,11-14,17-18,23-24,29-30H,9-10,15-16H2,1-2H3,(H,25,27)(H,26,28)/t17-,18+,23-,24+. The van der Waals surface area contributed by atoms with Gasteiger partial charge in [0.15, 0.2) is 0 Å². The van der Waals surface area contributed by atoms with Crippen LogP contribution in [0.3, 0.4) is 0 Å². The van der Waals surface area contributed by atoms with Gasteiger partial charge in [-0.3, -0.25) is 9.59 Å². The molecule has 0 heterocycles. The van der Waals surface area contributed by atoms with E-state index in [2.05, 4.69) is 10.6 Å². The zero-order valence-electron chi connectivity index (χ0n) is 17.6. The van der Waals surface area contributed by atoms with Gasteiger partial charge in [-0.15, -0.1) is 0 Å². The Labute approximate surface area is 178 Å². The molecular weight excluding hydrogens is 380 g/mol. The molecular formula is C24H32N2O4. The molecule has 0 saturated carbocycles. The SMILES string of the molecule is C[C@H](NC(=O)CCCCC(=O)N[C@H](C)[C@@H](O)c1ccccc1)[C@H](O)c1ccccc1. The Morgan fingerprint density at radius 3 is 1.37 bits per heavy atom. The van der Waals surface area contributed by atoms with Crippen molar-refractivity contribution in [2.24, 2.45) is 0 Å². The Morgan fingerprint density at radius 2 is 1.03 bits per heavy atom. The fourth-order valence-electron chi connectivity index (χ4n) is 3.26. The van der Waals surface area contributed by atoms with Crippen LogP contribution in [0, 0.1) is 0 Å². The highest BCUT2D eigenvalue weighted by molar-refractivity contribution is 5.77. The predicted molar refractivity (Wildman–Crippen MR) is 116 cm³/mol. The second-order valence-electron chi connectivity index (χ2n) is 7.63. The van der Waals surface area contributed by atoms with Crippen LogP contribution in [0.25, 0.3) is 0 Å². The first kappa shape index (κ1) is 23.6. The number of benzene rings is 2. The molecule has 2 aromatic rings. The maximum Gasteiger partial charge on any atom is 0.220 e. The normalized spacial score (nSPS) is 14.9. The summed E-state index contributed by atoms with van der Waals surface area (Å²) in [5.74, 6) is -0.295. The lowest BCUT2D eigenvalue weighted by Crippen LogP contribution is -2.37. The minimum absolute atomic E-state index is 0.147. The summed E-state index contributed by atoms with van der Waals surface area (Å²) >= 11 is 0. The molecule has 2 aromatic carbocycles. The Hall–Kier alpha value is -2.70. The van der Waals surface area contributed by atoms with Gasteiger partial charge in [-0.05, 0) is 37.8 Å². The van der Waals surface area contributed by atoms with Crippen molar-refractivity contribution >= 4 is 11.8 Å². The van der Waals surface area contributed by atoms with Crippen molar-refractivity contribution in [1.82, 2.24) is 10.6 Å². The van der Waals surface area contributed by atoms with Crippen molar-refractivity contribution in [2.45, 2.75) is 63.8 Å². The molecule has 30 heavy (non-hydrogen) atoms. The molecule has 162 valence electrons. The number of unbranched alkanes of at least 4 members (excludes halogenated alkanes) is 1. The lowest BCUT2D eigenvalue weighted by molar-refractivity contribution is -0.124. The second-order valence-corrected chi connectivity index (χ2v) is 7.63. The third kappa shape index (κ3) is 7.61. The van der Waals surface area contributed by atoms with Gasteiger partial charge in [0.25, 0.3) is 0 Å². The van der Waals surface area contributed by atoms with Gasteiger partial charge in [-0.2, -0.15) is 0 Å². The summed E-state index contributed by atoms with van der Waals surface area (Å²) in [6.45, 7) is 3.53. The lowest BCUT2D eigenvalue weighted by atomic mass is 10.0. The average Bonchev–Trinajstić information content (AvgIpc) is 2.76. The maximum atomic E-state index is 12.1. The number of carbonyl (C=O) groups is 2. The fourth-order valence-corrected chi connectivity index (χ4v) is 3.26. The van der Waals surface area contributed by atoms with Gasteiger partial charge in [0.2, 0.25) is 11.8 Å². The lowest BCUT2D eigenvalue weighted by Gasteiger charge is -2.21. The summed E-state index contributed by atoms with van der Waals surface area (Å²) < 4.78 is 0. The molecule has 0 aliphatic carbocycles. The van der Waals surface area contributed by atoms with Crippen molar-refractivity contribution in [2.75, 3.05) is 0 Å². The van der Waals surface area contributed by atoms with Crippen LogP contribution in [0.4, 0.5) is 0 Å². The van der Waals surface area contributed by atoms with Crippen LogP contribution in [0.5, 0.6) is 0 Å². The smallest absolute Gasteiger partial charge is 0.220 e. The minimum atomic E-state index is -0.765. The predicted octanol–water partition coefficient (Wildman–Crippen LogP) is 3.02. The van der Waals surface area contributed by atoms with Gasteiger partial charge in [-0.25, -0.2) is 0 Å². The van der Waals surface area contributed by atoms with Crippen LogP contribution in [-0.4, -0.2) is 34.1 Å². The first-order valence-electron chi connectivity index (χ1n) is 10.4. The van der Waals surface area contributed by atoms with Crippen LogP contribution in [0.1, 0.15) is 62.9 Å². The van der Waals surface area contributed by atoms with Crippen molar-refractivity contribution in [3.05, 3.63) is 71.8 Å². The third-order valence-corrected chi connectivity index (χ3v) is 5.06. The molecule has 6 nitrogen and oxygen atoms in total. The molecule has 0 bridgehead atoms. The monoisotopic (exact) mass is 412 g/mol. The number of carbonyl (C=O) groups excluding carboxylic acids is 2. The molecule has 0 spiro atoms. The molecule has 0 aromatic heterocycles. The number of nitrogens with one attached hydrogen (secondary N) is 2. The van der Waals surface area contributed by atoms with E-state index in [4.69, 9.17) is 0 Å². The summed E-state index contributed by atoms with van der Waals surface area (Å²) in [6, 6.07) is 17.6. The van der Waals surface area contributed by atoms with E-state index in [1.54, 1.807) is 13.8 Å². The van der Waals surface area contributed by atoms with E-state index in [0.717, 1.165) is 11.1 Å². The molecule has 2 rings (SSSR count). The van der Waals surface area contributed by atoms with E-state index in [1.807, 2.05) is 60.7 Å².